The van der Waals surface area contributed by atoms with Gasteiger partial charge in [0.1, 0.15) is 12.2 Å². The van der Waals surface area contributed by atoms with E-state index in [0.717, 1.165) is 10.5 Å². The van der Waals surface area contributed by atoms with Gasteiger partial charge in [0.15, 0.2) is 11.5 Å². The van der Waals surface area contributed by atoms with E-state index in [0.29, 0.717) is 37.1 Å². The molecule has 3 aromatic carbocycles. The molecule has 1 fully saturated rings. The van der Waals surface area contributed by atoms with Gasteiger partial charge in [-0.3, -0.25) is 14.9 Å². The van der Waals surface area contributed by atoms with E-state index < -0.39 is 17.8 Å². The van der Waals surface area contributed by atoms with Crippen LogP contribution in [0.15, 0.2) is 64.6 Å². The van der Waals surface area contributed by atoms with E-state index in [9.17, 15) is 14.4 Å². The Kier molecular flexibility index (Phi) is 7.68. The zero-order valence-electron chi connectivity index (χ0n) is 19.1. The minimum absolute atomic E-state index is 0.224. The Morgan fingerprint density at radius 1 is 1.06 bits per heavy atom. The maximum atomic E-state index is 13.3. The minimum Gasteiger partial charge on any atom is -0.493 e. The molecule has 0 radical (unpaired) electrons. The summed E-state index contributed by atoms with van der Waals surface area (Å²) in [6, 6.07) is 14.5. The van der Waals surface area contributed by atoms with Crippen molar-refractivity contribution in [2.75, 3.05) is 12.0 Å². The number of anilines is 1. The lowest BCUT2D eigenvalue weighted by Gasteiger charge is -2.27. The van der Waals surface area contributed by atoms with Crippen molar-refractivity contribution in [2.24, 2.45) is 0 Å². The molecule has 0 unspecified atom stereocenters. The molecule has 3 aromatic rings. The molecular weight excluding hydrogens is 571 g/mol. The number of methoxy groups -OCH3 is 1. The SMILES string of the molecule is COc1cc(/C=C2\C(=O)NC(=O)N(c3cccc(Cl)c3C)C2=O)cc(Br)c1OCc1ccc(Cl)cc1. The smallest absolute Gasteiger partial charge is 0.335 e. The molecule has 0 spiro atoms. The number of hydrogen-bond acceptors (Lipinski definition) is 5. The van der Waals surface area contributed by atoms with Gasteiger partial charge in [0, 0.05) is 10.0 Å². The molecule has 0 atom stereocenters. The molecule has 1 heterocycles. The average Bonchev–Trinajstić information content (AvgIpc) is 2.84. The van der Waals surface area contributed by atoms with Gasteiger partial charge >= 0.3 is 6.03 Å². The van der Waals surface area contributed by atoms with Crippen molar-refractivity contribution in [3.63, 3.8) is 0 Å². The summed E-state index contributed by atoms with van der Waals surface area (Å²) in [5.74, 6) is -0.751. The van der Waals surface area contributed by atoms with Crippen LogP contribution in [0.4, 0.5) is 10.5 Å². The third kappa shape index (κ3) is 5.26. The largest absolute Gasteiger partial charge is 0.493 e. The Balaban J connectivity index is 1.66. The number of nitrogens with one attached hydrogen (secondary N) is 1. The maximum absolute atomic E-state index is 13.3. The quantitative estimate of drug-likeness (QED) is 0.269. The van der Waals surface area contributed by atoms with Gasteiger partial charge in [0.25, 0.3) is 11.8 Å². The molecule has 0 bridgehead atoms. The molecule has 0 aliphatic carbocycles. The number of carbonyl (C=O) groups excluding carboxylic acids is 3. The molecule has 4 rings (SSSR count). The van der Waals surface area contributed by atoms with Crippen LogP contribution in [0.3, 0.4) is 0 Å². The van der Waals surface area contributed by atoms with E-state index >= 15 is 0 Å². The fourth-order valence-corrected chi connectivity index (χ4v) is 4.45. The first-order valence-electron chi connectivity index (χ1n) is 10.6. The van der Waals surface area contributed by atoms with Gasteiger partial charge in [0.05, 0.1) is 17.3 Å². The van der Waals surface area contributed by atoms with Crippen LogP contribution < -0.4 is 19.7 Å². The van der Waals surface area contributed by atoms with Crippen molar-refractivity contribution >= 4 is 68.7 Å². The fraction of sp³-hybridized carbons (Fsp3) is 0.115. The molecule has 7 nitrogen and oxygen atoms in total. The number of rotatable bonds is 6. The Labute approximate surface area is 225 Å². The highest BCUT2D eigenvalue weighted by Gasteiger charge is 2.37. The lowest BCUT2D eigenvalue weighted by atomic mass is 10.1. The van der Waals surface area contributed by atoms with Gasteiger partial charge in [-0.2, -0.15) is 0 Å². The highest BCUT2D eigenvalue weighted by molar-refractivity contribution is 9.10. The van der Waals surface area contributed by atoms with Crippen LogP contribution in [0.5, 0.6) is 11.5 Å². The zero-order chi connectivity index (χ0) is 26.0. The van der Waals surface area contributed by atoms with Crippen LogP contribution in [-0.2, 0) is 16.2 Å². The van der Waals surface area contributed by atoms with Crippen molar-refractivity contribution in [3.8, 4) is 11.5 Å². The summed E-state index contributed by atoms with van der Waals surface area (Å²) in [5, 5.41) is 3.23. The normalized spacial score (nSPS) is 14.8. The number of amides is 4. The monoisotopic (exact) mass is 588 g/mol. The van der Waals surface area contributed by atoms with Crippen LogP contribution in [0.2, 0.25) is 10.0 Å². The first-order chi connectivity index (χ1) is 17.2. The highest BCUT2D eigenvalue weighted by Crippen LogP contribution is 2.38. The number of imide groups is 2. The van der Waals surface area contributed by atoms with Crippen molar-refractivity contribution in [1.29, 1.82) is 0 Å². The van der Waals surface area contributed by atoms with Gasteiger partial charge in [-0.15, -0.1) is 0 Å². The molecule has 0 aromatic heterocycles. The number of nitrogens with zero attached hydrogens (tertiary/aromatic N) is 1. The summed E-state index contributed by atoms with van der Waals surface area (Å²) in [4.78, 5) is 39.3. The van der Waals surface area contributed by atoms with Gasteiger partial charge in [0.2, 0.25) is 0 Å². The second-order valence-corrected chi connectivity index (χ2v) is 9.49. The van der Waals surface area contributed by atoms with Crippen LogP contribution in [0, 0.1) is 6.92 Å². The Morgan fingerprint density at radius 3 is 2.47 bits per heavy atom. The third-order valence-electron chi connectivity index (χ3n) is 5.44. The van der Waals surface area contributed by atoms with Crippen molar-refractivity contribution in [1.82, 2.24) is 5.32 Å². The van der Waals surface area contributed by atoms with Crippen molar-refractivity contribution < 1.29 is 23.9 Å². The number of halogens is 3. The molecule has 0 saturated carbocycles. The zero-order valence-corrected chi connectivity index (χ0v) is 22.2. The van der Waals surface area contributed by atoms with Crippen LogP contribution in [0.25, 0.3) is 6.08 Å². The summed E-state index contributed by atoms with van der Waals surface area (Å²) in [6.45, 7) is 1.95. The van der Waals surface area contributed by atoms with E-state index in [-0.39, 0.29) is 17.9 Å². The van der Waals surface area contributed by atoms with Crippen molar-refractivity contribution in [2.45, 2.75) is 13.5 Å². The number of carbonyl (C=O) groups is 3. The fourth-order valence-electron chi connectivity index (χ4n) is 3.58. The summed E-state index contributed by atoms with van der Waals surface area (Å²) < 4.78 is 12.0. The molecular formula is C26H19BrCl2N2O5. The third-order valence-corrected chi connectivity index (χ3v) is 6.69. The predicted molar refractivity (Wildman–Crippen MR) is 142 cm³/mol. The number of benzene rings is 3. The summed E-state index contributed by atoms with van der Waals surface area (Å²) in [5.41, 5.74) is 1.98. The van der Waals surface area contributed by atoms with E-state index in [1.807, 2.05) is 12.1 Å². The van der Waals surface area contributed by atoms with Gasteiger partial charge < -0.3 is 9.47 Å². The molecule has 1 aliphatic rings. The molecule has 1 N–H and O–H groups in total. The van der Waals surface area contributed by atoms with E-state index in [2.05, 4.69) is 21.2 Å². The summed E-state index contributed by atoms with van der Waals surface area (Å²) >= 11 is 15.6. The first kappa shape index (κ1) is 25.8. The van der Waals surface area contributed by atoms with Gasteiger partial charge in [-0.05, 0) is 82.0 Å². The standard InChI is InChI=1S/C26H19BrCl2N2O5/c1-14-20(29)4-3-5-21(14)31-25(33)18(24(32)30-26(31)34)10-16-11-19(27)23(22(12-16)35-2)36-13-15-6-8-17(28)9-7-15/h3-12H,13H2,1-2H3,(H,30,32,34)/b18-10+. The topological polar surface area (TPSA) is 84.9 Å². The highest BCUT2D eigenvalue weighted by atomic mass is 79.9. The first-order valence-corrected chi connectivity index (χ1v) is 12.2. The van der Waals surface area contributed by atoms with E-state index in [1.54, 1.807) is 49.4 Å². The number of ether oxygens (including phenoxy) is 2. The second-order valence-electron chi connectivity index (χ2n) is 7.79. The number of barbiturate groups is 1. The van der Waals surface area contributed by atoms with Gasteiger partial charge in [-0.25, -0.2) is 9.69 Å². The lowest BCUT2D eigenvalue weighted by Crippen LogP contribution is -2.54. The Bertz CT molecular complexity index is 1410. The predicted octanol–water partition coefficient (Wildman–Crippen LogP) is 6.32. The molecule has 184 valence electrons. The Morgan fingerprint density at radius 2 is 1.78 bits per heavy atom. The van der Waals surface area contributed by atoms with Crippen LogP contribution >= 0.6 is 39.1 Å². The van der Waals surface area contributed by atoms with Crippen LogP contribution in [0.1, 0.15) is 16.7 Å². The molecule has 10 heteroatoms. The summed E-state index contributed by atoms with van der Waals surface area (Å²) in [7, 11) is 1.48. The second kappa shape index (κ2) is 10.7. The van der Waals surface area contributed by atoms with Crippen molar-refractivity contribution in [3.05, 3.63) is 91.4 Å². The van der Waals surface area contributed by atoms with E-state index in [1.165, 1.54) is 13.2 Å². The maximum Gasteiger partial charge on any atom is 0.335 e. The number of hydrogen-bond donors (Lipinski definition) is 1. The molecule has 1 saturated heterocycles. The number of urea groups is 1. The minimum atomic E-state index is -0.850. The molecule has 4 amide bonds. The summed E-state index contributed by atoms with van der Waals surface area (Å²) in [6.07, 6.45) is 1.38. The van der Waals surface area contributed by atoms with E-state index in [4.69, 9.17) is 32.7 Å². The lowest BCUT2D eigenvalue weighted by molar-refractivity contribution is -0.122. The molecule has 1 aliphatic heterocycles. The molecule has 36 heavy (non-hydrogen) atoms. The average molecular weight is 590 g/mol. The Hall–Kier alpha value is -3.33. The van der Waals surface area contributed by atoms with Gasteiger partial charge in [-0.1, -0.05) is 41.4 Å². The van der Waals surface area contributed by atoms with Crippen LogP contribution in [-0.4, -0.2) is 25.0 Å².